The molecule has 32 heavy (non-hydrogen) atoms. The standard InChI is InChI=1S/C23H22F4N2O3/c24-18-6-14(5-17(8-18)23(25,26)27)9-28-3-4-32-21(11-28)15-1-2-20-16(7-15)10-29(22(20)30)19-12-31-13-19/h1-2,5-8,19,21H,3-4,9-13H2/t21-/m0/s1. The second kappa shape index (κ2) is 8.13. The van der Waals surface area contributed by atoms with Crippen molar-refractivity contribution in [3.05, 3.63) is 70.0 Å². The van der Waals surface area contributed by atoms with Crippen molar-refractivity contribution in [3.63, 3.8) is 0 Å². The van der Waals surface area contributed by atoms with E-state index in [0.717, 1.165) is 23.3 Å². The summed E-state index contributed by atoms with van der Waals surface area (Å²) in [5, 5.41) is 0. The first kappa shape index (κ1) is 21.4. The van der Waals surface area contributed by atoms with Gasteiger partial charge in [0.2, 0.25) is 0 Å². The first-order valence-corrected chi connectivity index (χ1v) is 10.5. The van der Waals surface area contributed by atoms with Gasteiger partial charge in [0.05, 0.1) is 37.5 Å². The predicted molar refractivity (Wildman–Crippen MR) is 106 cm³/mol. The van der Waals surface area contributed by atoms with Crippen LogP contribution in [0.4, 0.5) is 17.6 Å². The third-order valence-corrected chi connectivity index (χ3v) is 6.24. The average Bonchev–Trinajstić information content (AvgIpc) is 3.01. The Labute approximate surface area is 182 Å². The van der Waals surface area contributed by atoms with Crippen molar-refractivity contribution >= 4 is 5.91 Å². The van der Waals surface area contributed by atoms with E-state index in [1.165, 1.54) is 0 Å². The van der Waals surface area contributed by atoms with Gasteiger partial charge in [0.15, 0.2) is 0 Å². The highest BCUT2D eigenvalue weighted by Gasteiger charge is 2.37. The Morgan fingerprint density at radius 1 is 1.09 bits per heavy atom. The van der Waals surface area contributed by atoms with Gasteiger partial charge < -0.3 is 14.4 Å². The fourth-order valence-corrected chi connectivity index (χ4v) is 4.47. The molecule has 0 bridgehead atoms. The molecule has 170 valence electrons. The number of fused-ring (bicyclic) bond motifs is 1. The number of alkyl halides is 3. The van der Waals surface area contributed by atoms with Gasteiger partial charge in [-0.2, -0.15) is 13.2 Å². The van der Waals surface area contributed by atoms with E-state index in [2.05, 4.69) is 0 Å². The first-order valence-electron chi connectivity index (χ1n) is 10.5. The van der Waals surface area contributed by atoms with Crippen molar-refractivity contribution in [1.82, 2.24) is 9.80 Å². The summed E-state index contributed by atoms with van der Waals surface area (Å²) in [6.45, 7) is 3.26. The number of carbonyl (C=O) groups excluding carboxylic acids is 1. The molecule has 0 N–H and O–H groups in total. The molecule has 0 spiro atoms. The van der Waals surface area contributed by atoms with E-state index >= 15 is 0 Å². The van der Waals surface area contributed by atoms with Gasteiger partial charge in [-0.25, -0.2) is 4.39 Å². The highest BCUT2D eigenvalue weighted by molar-refractivity contribution is 5.98. The van der Waals surface area contributed by atoms with Crippen LogP contribution in [0.5, 0.6) is 0 Å². The Balaban J connectivity index is 1.29. The van der Waals surface area contributed by atoms with Gasteiger partial charge in [-0.1, -0.05) is 12.1 Å². The zero-order valence-corrected chi connectivity index (χ0v) is 17.2. The van der Waals surface area contributed by atoms with Crippen molar-refractivity contribution < 1.29 is 31.8 Å². The molecule has 3 aliphatic rings. The summed E-state index contributed by atoms with van der Waals surface area (Å²) in [6.07, 6.45) is -4.87. The quantitative estimate of drug-likeness (QED) is 0.666. The number of halogens is 4. The normalized spacial score (nSPS) is 22.2. The molecule has 5 nitrogen and oxygen atoms in total. The fourth-order valence-electron chi connectivity index (χ4n) is 4.47. The fraction of sp³-hybridized carbons (Fsp3) is 0.435. The molecular weight excluding hydrogens is 428 g/mol. The van der Waals surface area contributed by atoms with Crippen molar-refractivity contribution in [2.24, 2.45) is 0 Å². The van der Waals surface area contributed by atoms with Crippen LogP contribution in [0.3, 0.4) is 0 Å². The third kappa shape index (κ3) is 4.12. The lowest BCUT2D eigenvalue weighted by Crippen LogP contribution is -2.48. The lowest BCUT2D eigenvalue weighted by molar-refractivity contribution is -0.137. The average molecular weight is 450 g/mol. The van der Waals surface area contributed by atoms with Crippen molar-refractivity contribution in [2.45, 2.75) is 31.4 Å². The van der Waals surface area contributed by atoms with Gasteiger partial charge in [-0.05, 0) is 41.0 Å². The number of hydrogen-bond acceptors (Lipinski definition) is 4. The monoisotopic (exact) mass is 450 g/mol. The molecule has 0 aliphatic carbocycles. The van der Waals surface area contributed by atoms with Gasteiger partial charge in [0, 0.05) is 31.7 Å². The molecule has 3 heterocycles. The topological polar surface area (TPSA) is 42.0 Å². The van der Waals surface area contributed by atoms with Crippen molar-refractivity contribution in [2.75, 3.05) is 32.9 Å². The number of nitrogens with zero attached hydrogens (tertiary/aromatic N) is 2. The first-order chi connectivity index (χ1) is 15.3. The van der Waals surface area contributed by atoms with Crippen molar-refractivity contribution in [3.8, 4) is 0 Å². The Kier molecular flexibility index (Phi) is 5.43. The van der Waals surface area contributed by atoms with Crippen LogP contribution in [0.1, 0.15) is 38.7 Å². The van der Waals surface area contributed by atoms with Crippen LogP contribution in [0.25, 0.3) is 0 Å². The van der Waals surface area contributed by atoms with Crippen LogP contribution < -0.4 is 0 Å². The minimum atomic E-state index is -4.59. The number of benzene rings is 2. The highest BCUT2D eigenvalue weighted by atomic mass is 19.4. The zero-order chi connectivity index (χ0) is 22.5. The van der Waals surface area contributed by atoms with E-state index in [4.69, 9.17) is 9.47 Å². The molecule has 9 heteroatoms. The molecule has 0 aromatic heterocycles. The summed E-state index contributed by atoms with van der Waals surface area (Å²) >= 11 is 0. The summed E-state index contributed by atoms with van der Waals surface area (Å²) < 4.78 is 63.9. The molecule has 2 aromatic rings. The number of amides is 1. The smallest absolute Gasteiger partial charge is 0.377 e. The molecule has 2 saturated heterocycles. The van der Waals surface area contributed by atoms with Gasteiger partial charge in [-0.15, -0.1) is 0 Å². The number of ether oxygens (including phenoxy) is 2. The predicted octanol–water partition coefficient (Wildman–Crippen LogP) is 3.77. The third-order valence-electron chi connectivity index (χ3n) is 6.24. The zero-order valence-electron chi connectivity index (χ0n) is 17.2. The lowest BCUT2D eigenvalue weighted by Gasteiger charge is -2.34. The molecule has 1 amide bonds. The summed E-state index contributed by atoms with van der Waals surface area (Å²) in [5.74, 6) is -0.887. The molecule has 0 radical (unpaired) electrons. The van der Waals surface area contributed by atoms with E-state index in [0.29, 0.717) is 51.1 Å². The molecule has 2 aromatic carbocycles. The molecule has 1 atom stereocenters. The number of hydrogen-bond donors (Lipinski definition) is 0. The molecule has 0 unspecified atom stereocenters. The summed E-state index contributed by atoms with van der Waals surface area (Å²) in [6, 6.07) is 8.42. The largest absolute Gasteiger partial charge is 0.416 e. The van der Waals surface area contributed by atoms with Crippen LogP contribution in [0.2, 0.25) is 0 Å². The minimum absolute atomic E-state index is 0.0117. The number of carbonyl (C=O) groups is 1. The number of morpholine rings is 1. The van der Waals surface area contributed by atoms with E-state index < -0.39 is 17.6 Å². The van der Waals surface area contributed by atoms with E-state index in [1.54, 1.807) is 0 Å². The molecular formula is C23H22F4N2O3. The highest BCUT2D eigenvalue weighted by Crippen LogP contribution is 2.33. The van der Waals surface area contributed by atoms with Crippen LogP contribution in [-0.2, 0) is 28.7 Å². The van der Waals surface area contributed by atoms with E-state index in [1.807, 2.05) is 28.0 Å². The maximum absolute atomic E-state index is 13.7. The summed E-state index contributed by atoms with van der Waals surface area (Å²) in [5.41, 5.74) is 1.84. The minimum Gasteiger partial charge on any atom is -0.377 e. The Morgan fingerprint density at radius 3 is 2.62 bits per heavy atom. The van der Waals surface area contributed by atoms with Crippen LogP contribution in [0, 0.1) is 5.82 Å². The lowest BCUT2D eigenvalue weighted by atomic mass is 10.0. The maximum atomic E-state index is 13.7. The van der Waals surface area contributed by atoms with Crippen molar-refractivity contribution in [1.29, 1.82) is 0 Å². The van der Waals surface area contributed by atoms with E-state index in [9.17, 15) is 22.4 Å². The maximum Gasteiger partial charge on any atom is 0.416 e. The van der Waals surface area contributed by atoms with Crippen LogP contribution in [-0.4, -0.2) is 54.7 Å². The molecule has 5 rings (SSSR count). The van der Waals surface area contributed by atoms with Gasteiger partial charge >= 0.3 is 6.18 Å². The molecule has 3 aliphatic heterocycles. The second-order valence-electron chi connectivity index (χ2n) is 8.48. The molecule has 2 fully saturated rings. The van der Waals surface area contributed by atoms with Crippen LogP contribution in [0.15, 0.2) is 36.4 Å². The number of rotatable bonds is 4. The Hall–Kier alpha value is -2.49. The SMILES string of the molecule is O=C1c2ccc([C@@H]3CN(Cc4cc(F)cc(C(F)(F)F)c4)CCO3)cc2CN1C1COC1. The van der Waals surface area contributed by atoms with Gasteiger partial charge in [-0.3, -0.25) is 9.69 Å². The Morgan fingerprint density at radius 2 is 1.91 bits per heavy atom. The summed E-state index contributed by atoms with van der Waals surface area (Å²) in [7, 11) is 0. The molecule has 0 saturated carbocycles. The van der Waals surface area contributed by atoms with Crippen LogP contribution >= 0.6 is 0 Å². The van der Waals surface area contributed by atoms with Gasteiger partial charge in [0.25, 0.3) is 5.91 Å². The van der Waals surface area contributed by atoms with Gasteiger partial charge in [0.1, 0.15) is 5.82 Å². The van der Waals surface area contributed by atoms with E-state index in [-0.39, 0.29) is 30.2 Å². The second-order valence-corrected chi connectivity index (χ2v) is 8.48. The Bertz CT molecular complexity index is 1040. The summed E-state index contributed by atoms with van der Waals surface area (Å²) in [4.78, 5) is 16.4.